The van der Waals surface area contributed by atoms with Gasteiger partial charge >= 0.3 is 0 Å². The quantitative estimate of drug-likeness (QED) is 0.768. The highest BCUT2D eigenvalue weighted by molar-refractivity contribution is 6.05. The van der Waals surface area contributed by atoms with Gasteiger partial charge in [0.05, 0.1) is 26.1 Å². The summed E-state index contributed by atoms with van der Waals surface area (Å²) in [6, 6.07) is 5.78. The summed E-state index contributed by atoms with van der Waals surface area (Å²) in [5.74, 6) is 0.910. The Morgan fingerprint density at radius 2 is 1.64 bits per heavy atom. The van der Waals surface area contributed by atoms with Gasteiger partial charge in [-0.2, -0.15) is 0 Å². The molecular weight excluding hydrogens is 284 g/mol. The number of hydrogen-bond acceptors (Lipinski definition) is 5. The van der Waals surface area contributed by atoms with Crippen LogP contribution in [-0.2, 0) is 16.1 Å². The van der Waals surface area contributed by atoms with Crippen LogP contribution in [0.25, 0.3) is 0 Å². The van der Waals surface area contributed by atoms with Gasteiger partial charge in [-0.05, 0) is 17.7 Å². The van der Waals surface area contributed by atoms with Gasteiger partial charge in [-0.1, -0.05) is 6.07 Å². The van der Waals surface area contributed by atoms with Gasteiger partial charge in [0.1, 0.15) is 0 Å². The van der Waals surface area contributed by atoms with E-state index in [0.717, 1.165) is 5.56 Å². The van der Waals surface area contributed by atoms with Gasteiger partial charge in [-0.25, -0.2) is 0 Å². The topological polar surface area (TPSA) is 59.1 Å². The highest BCUT2D eigenvalue weighted by atomic mass is 16.5. The first-order valence-corrected chi connectivity index (χ1v) is 7.29. The smallest absolute Gasteiger partial charge is 0.234 e. The lowest BCUT2D eigenvalue weighted by Gasteiger charge is -2.19. The molecule has 1 aromatic carbocycles. The summed E-state index contributed by atoms with van der Waals surface area (Å²) in [5, 5.41) is 0. The van der Waals surface area contributed by atoms with Gasteiger partial charge in [-0.3, -0.25) is 19.4 Å². The van der Waals surface area contributed by atoms with Gasteiger partial charge in [0.25, 0.3) is 0 Å². The summed E-state index contributed by atoms with van der Waals surface area (Å²) in [7, 11) is 4.78. The first-order valence-electron chi connectivity index (χ1n) is 7.29. The predicted octanol–water partition coefficient (Wildman–Crippen LogP) is 0.750. The van der Waals surface area contributed by atoms with E-state index in [4.69, 9.17) is 9.47 Å². The summed E-state index contributed by atoms with van der Waals surface area (Å²) < 4.78 is 10.5. The number of hydrogen-bond donors (Lipinski definition) is 0. The fraction of sp³-hybridized carbons (Fsp3) is 0.500. The Hall–Kier alpha value is -2.08. The molecule has 0 aromatic heterocycles. The molecule has 22 heavy (non-hydrogen) atoms. The monoisotopic (exact) mass is 304 g/mol. The van der Waals surface area contributed by atoms with E-state index >= 15 is 0 Å². The Morgan fingerprint density at radius 1 is 1.05 bits per heavy atom. The van der Waals surface area contributed by atoms with Gasteiger partial charge in [0, 0.05) is 26.7 Å². The minimum Gasteiger partial charge on any atom is -0.493 e. The maximum absolute atomic E-state index is 12.0. The molecule has 2 aliphatic heterocycles. The molecule has 2 aliphatic rings. The van der Waals surface area contributed by atoms with Crippen molar-refractivity contribution in [1.29, 1.82) is 0 Å². The number of imide groups is 1. The van der Waals surface area contributed by atoms with Crippen molar-refractivity contribution < 1.29 is 19.1 Å². The standard InChI is InChI=1S/C16H20N2O4/c1-17-15(19)11-8-18(9-12(11)16(17)20)7-10-4-5-13(21-2)14(6-10)22-3/h4-6,11-12H,7-9H2,1-3H3/t11-,12+. The molecule has 2 saturated heterocycles. The average Bonchev–Trinajstić information content (AvgIpc) is 3.03. The van der Waals surface area contributed by atoms with Crippen molar-refractivity contribution in [3.05, 3.63) is 23.8 Å². The SMILES string of the molecule is COc1ccc(CN2C[C@@H]3C(=O)N(C)C(=O)[C@@H]3C2)cc1OC. The molecule has 2 amide bonds. The molecule has 0 radical (unpaired) electrons. The fourth-order valence-electron chi connectivity index (χ4n) is 3.36. The van der Waals surface area contributed by atoms with Gasteiger partial charge in [0.15, 0.2) is 11.5 Å². The molecule has 6 nitrogen and oxygen atoms in total. The molecule has 118 valence electrons. The molecule has 6 heteroatoms. The number of methoxy groups -OCH3 is 2. The average molecular weight is 304 g/mol. The molecule has 2 atom stereocenters. The number of fused-ring (bicyclic) bond motifs is 1. The van der Waals surface area contributed by atoms with Crippen LogP contribution >= 0.6 is 0 Å². The molecule has 0 bridgehead atoms. The number of benzene rings is 1. The molecule has 1 aromatic rings. The van der Waals surface area contributed by atoms with E-state index in [1.54, 1.807) is 21.3 Å². The highest BCUT2D eigenvalue weighted by Crippen LogP contribution is 2.34. The van der Waals surface area contributed by atoms with E-state index < -0.39 is 0 Å². The van der Waals surface area contributed by atoms with Crippen molar-refractivity contribution in [1.82, 2.24) is 9.80 Å². The van der Waals surface area contributed by atoms with Crippen LogP contribution in [0.1, 0.15) is 5.56 Å². The van der Waals surface area contributed by atoms with Crippen LogP contribution < -0.4 is 9.47 Å². The van der Waals surface area contributed by atoms with E-state index in [2.05, 4.69) is 4.90 Å². The van der Waals surface area contributed by atoms with E-state index in [1.807, 2.05) is 18.2 Å². The predicted molar refractivity (Wildman–Crippen MR) is 79.6 cm³/mol. The van der Waals surface area contributed by atoms with Gasteiger partial charge < -0.3 is 9.47 Å². The zero-order valence-electron chi connectivity index (χ0n) is 13.0. The molecule has 3 rings (SSSR count). The Morgan fingerprint density at radius 3 is 2.18 bits per heavy atom. The first-order chi connectivity index (χ1) is 10.5. The Labute approximate surface area is 129 Å². The number of nitrogens with zero attached hydrogens (tertiary/aromatic N) is 2. The maximum Gasteiger partial charge on any atom is 0.234 e. The number of ether oxygens (including phenoxy) is 2. The van der Waals surface area contributed by atoms with Crippen LogP contribution in [0.15, 0.2) is 18.2 Å². The molecule has 0 spiro atoms. The lowest BCUT2D eigenvalue weighted by atomic mass is 10.00. The highest BCUT2D eigenvalue weighted by Gasteiger charge is 2.50. The van der Waals surface area contributed by atoms with Crippen molar-refractivity contribution >= 4 is 11.8 Å². The molecule has 0 N–H and O–H groups in total. The third-order valence-corrected chi connectivity index (χ3v) is 4.55. The van der Waals surface area contributed by atoms with E-state index in [-0.39, 0.29) is 23.7 Å². The number of rotatable bonds is 4. The van der Waals surface area contributed by atoms with E-state index in [1.165, 1.54) is 4.90 Å². The zero-order chi connectivity index (χ0) is 15.9. The van der Waals surface area contributed by atoms with Crippen LogP contribution in [0.4, 0.5) is 0 Å². The van der Waals surface area contributed by atoms with Crippen molar-refractivity contribution in [2.45, 2.75) is 6.54 Å². The second-order valence-corrected chi connectivity index (χ2v) is 5.83. The summed E-state index contributed by atoms with van der Waals surface area (Å²) >= 11 is 0. The lowest BCUT2D eigenvalue weighted by Crippen LogP contribution is -2.32. The van der Waals surface area contributed by atoms with Crippen molar-refractivity contribution in [2.24, 2.45) is 11.8 Å². The Kier molecular flexibility index (Phi) is 3.78. The summed E-state index contributed by atoms with van der Waals surface area (Å²) in [6.45, 7) is 1.96. The second kappa shape index (κ2) is 5.61. The van der Waals surface area contributed by atoms with E-state index in [9.17, 15) is 9.59 Å². The van der Waals surface area contributed by atoms with Crippen LogP contribution in [0, 0.1) is 11.8 Å². The van der Waals surface area contributed by atoms with Crippen LogP contribution in [-0.4, -0.2) is 56.0 Å². The number of carbonyl (C=O) groups excluding carboxylic acids is 2. The third-order valence-electron chi connectivity index (χ3n) is 4.55. The minimum absolute atomic E-state index is 0.0511. The summed E-state index contributed by atoms with van der Waals surface area (Å²) in [6.07, 6.45) is 0. The molecule has 0 aliphatic carbocycles. The molecule has 2 heterocycles. The Bertz CT molecular complexity index is 592. The molecule has 2 fully saturated rings. The summed E-state index contributed by atoms with van der Waals surface area (Å²) in [4.78, 5) is 27.5. The summed E-state index contributed by atoms with van der Waals surface area (Å²) in [5.41, 5.74) is 1.07. The van der Waals surface area contributed by atoms with Gasteiger partial charge in [0.2, 0.25) is 11.8 Å². The Balaban J connectivity index is 1.71. The maximum atomic E-state index is 12.0. The molecular formula is C16H20N2O4. The number of carbonyl (C=O) groups is 2. The number of amides is 2. The van der Waals surface area contributed by atoms with Crippen molar-refractivity contribution in [3.63, 3.8) is 0 Å². The first kappa shape index (κ1) is 14.8. The van der Waals surface area contributed by atoms with Crippen LogP contribution in [0.5, 0.6) is 11.5 Å². The van der Waals surface area contributed by atoms with E-state index in [0.29, 0.717) is 31.1 Å². The zero-order valence-corrected chi connectivity index (χ0v) is 13.0. The third kappa shape index (κ3) is 2.33. The van der Waals surface area contributed by atoms with Crippen molar-refractivity contribution in [2.75, 3.05) is 34.4 Å². The lowest BCUT2D eigenvalue weighted by molar-refractivity contribution is -0.138. The normalized spacial score (nSPS) is 24.8. The molecule has 0 unspecified atom stereocenters. The van der Waals surface area contributed by atoms with Gasteiger partial charge in [-0.15, -0.1) is 0 Å². The largest absolute Gasteiger partial charge is 0.493 e. The van der Waals surface area contributed by atoms with Crippen LogP contribution in [0.3, 0.4) is 0 Å². The second-order valence-electron chi connectivity index (χ2n) is 5.83. The van der Waals surface area contributed by atoms with Crippen molar-refractivity contribution in [3.8, 4) is 11.5 Å². The minimum atomic E-state index is -0.183. The van der Waals surface area contributed by atoms with Crippen LogP contribution in [0.2, 0.25) is 0 Å². The molecule has 0 saturated carbocycles. The fourth-order valence-corrected chi connectivity index (χ4v) is 3.36. The number of likely N-dealkylation sites (tertiary alicyclic amines) is 2.